The monoisotopic (exact) mass is 318 g/mol. The Hall–Kier alpha value is -1.31. The van der Waals surface area contributed by atoms with Gasteiger partial charge in [0.25, 0.3) is 0 Å². The topological polar surface area (TPSA) is 20.2 Å². The summed E-state index contributed by atoms with van der Waals surface area (Å²) >= 11 is 0. The molecule has 1 unspecified atom stereocenters. The molecule has 0 spiro atoms. The molecule has 1 aromatic carbocycles. The zero-order valence-corrected chi connectivity index (χ0v) is 11.1. The zero-order valence-electron chi connectivity index (χ0n) is 11.1. The highest BCUT2D eigenvalue weighted by Gasteiger charge is 2.73. The Bertz CT molecular complexity index is 471. The average molecular weight is 318 g/mol. The molecule has 0 aliphatic carbocycles. The lowest BCUT2D eigenvalue weighted by Crippen LogP contribution is -2.56. The van der Waals surface area contributed by atoms with Gasteiger partial charge in [0.15, 0.2) is 0 Å². The summed E-state index contributed by atoms with van der Waals surface area (Å²) in [5.41, 5.74) is -7.67. The van der Waals surface area contributed by atoms with Gasteiger partial charge >= 0.3 is 18.0 Å². The van der Waals surface area contributed by atoms with Crippen molar-refractivity contribution in [3.05, 3.63) is 35.4 Å². The van der Waals surface area contributed by atoms with Gasteiger partial charge in [-0.2, -0.15) is 26.3 Å². The lowest BCUT2D eigenvalue weighted by molar-refractivity contribution is -0.352. The average Bonchev–Trinajstić information content (AvgIpc) is 2.25. The fourth-order valence-electron chi connectivity index (χ4n) is 1.85. The summed E-state index contributed by atoms with van der Waals surface area (Å²) < 4.78 is 88.7. The predicted molar refractivity (Wildman–Crippen MR) is 61.3 cm³/mol. The summed E-state index contributed by atoms with van der Waals surface area (Å²) in [4.78, 5) is 0. The molecule has 0 radical (unpaired) electrons. The highest BCUT2D eigenvalue weighted by molar-refractivity contribution is 5.26. The second-order valence-electron chi connectivity index (χ2n) is 5.11. The van der Waals surface area contributed by atoms with E-state index in [2.05, 4.69) is 0 Å². The van der Waals surface area contributed by atoms with Gasteiger partial charge in [0.05, 0.1) is 5.60 Å². The van der Waals surface area contributed by atoms with Gasteiger partial charge in [-0.1, -0.05) is 29.8 Å². The number of aliphatic hydroxyl groups is 1. The molecule has 0 saturated heterocycles. The lowest BCUT2D eigenvalue weighted by Gasteiger charge is -2.36. The second-order valence-corrected chi connectivity index (χ2v) is 5.11. The summed E-state index contributed by atoms with van der Waals surface area (Å²) in [5.74, 6) is 0. The summed E-state index contributed by atoms with van der Waals surface area (Å²) in [6.07, 6.45) is -14.5. The van der Waals surface area contributed by atoms with Crippen LogP contribution in [0, 0.1) is 6.92 Å². The van der Waals surface area contributed by atoms with Crippen molar-refractivity contribution in [1.29, 1.82) is 0 Å². The number of hydrogen-bond acceptors (Lipinski definition) is 1. The maximum absolute atomic E-state index is 13.7. The molecule has 0 amide bonds. The molecule has 0 fully saturated rings. The number of halogens is 7. The first-order valence-corrected chi connectivity index (χ1v) is 5.82. The van der Waals surface area contributed by atoms with Crippen LogP contribution in [0.1, 0.15) is 24.5 Å². The van der Waals surface area contributed by atoms with Crippen molar-refractivity contribution in [2.24, 2.45) is 0 Å². The van der Waals surface area contributed by atoms with Gasteiger partial charge in [-0.05, 0) is 19.4 Å². The Labute approximate surface area is 116 Å². The van der Waals surface area contributed by atoms with E-state index in [0.717, 1.165) is 12.1 Å². The number of aryl methyl sites for hydroxylation is 1. The van der Waals surface area contributed by atoms with Gasteiger partial charge in [-0.15, -0.1) is 0 Å². The Morgan fingerprint density at radius 3 is 1.57 bits per heavy atom. The fraction of sp³-hybridized carbons (Fsp3) is 0.538. The van der Waals surface area contributed by atoms with E-state index in [1.165, 1.54) is 12.1 Å². The van der Waals surface area contributed by atoms with Crippen LogP contribution in [0.15, 0.2) is 24.3 Å². The van der Waals surface area contributed by atoms with Crippen LogP contribution in [0.3, 0.4) is 0 Å². The van der Waals surface area contributed by atoms with Crippen LogP contribution < -0.4 is 0 Å². The lowest BCUT2D eigenvalue weighted by atomic mass is 9.83. The molecule has 120 valence electrons. The maximum atomic E-state index is 13.7. The minimum Gasteiger partial charge on any atom is -0.385 e. The van der Waals surface area contributed by atoms with Gasteiger partial charge in [-0.25, -0.2) is 4.39 Å². The van der Waals surface area contributed by atoms with Crippen LogP contribution in [0.25, 0.3) is 0 Å². The van der Waals surface area contributed by atoms with Crippen molar-refractivity contribution in [3.63, 3.8) is 0 Å². The largest absolute Gasteiger partial charge is 0.431 e. The van der Waals surface area contributed by atoms with Crippen molar-refractivity contribution >= 4 is 0 Å². The van der Waals surface area contributed by atoms with Crippen molar-refractivity contribution < 1.29 is 35.8 Å². The maximum Gasteiger partial charge on any atom is 0.431 e. The van der Waals surface area contributed by atoms with Crippen molar-refractivity contribution in [2.45, 2.75) is 43.9 Å². The SMILES string of the molecule is Cc1ccc(C(C)(O)CC(F)(C(F)(F)F)C(F)(F)F)cc1. The first-order valence-electron chi connectivity index (χ1n) is 5.82. The quantitative estimate of drug-likeness (QED) is 0.818. The molecule has 21 heavy (non-hydrogen) atoms. The van der Waals surface area contributed by atoms with Crippen molar-refractivity contribution in [3.8, 4) is 0 Å². The van der Waals surface area contributed by atoms with E-state index in [4.69, 9.17) is 0 Å². The second kappa shape index (κ2) is 5.15. The highest BCUT2D eigenvalue weighted by atomic mass is 19.4. The molecule has 0 aromatic heterocycles. The molecule has 1 aromatic rings. The zero-order chi connectivity index (χ0) is 16.7. The van der Waals surface area contributed by atoms with Crippen LogP contribution in [-0.2, 0) is 5.60 Å². The Morgan fingerprint density at radius 1 is 0.857 bits per heavy atom. The Morgan fingerprint density at radius 2 is 1.24 bits per heavy atom. The van der Waals surface area contributed by atoms with E-state index in [1.54, 1.807) is 6.92 Å². The van der Waals surface area contributed by atoms with Gasteiger partial charge in [0, 0.05) is 6.42 Å². The van der Waals surface area contributed by atoms with E-state index >= 15 is 0 Å². The Kier molecular flexibility index (Phi) is 4.35. The van der Waals surface area contributed by atoms with E-state index in [1.807, 2.05) is 0 Å². The molecule has 0 saturated carbocycles. The van der Waals surface area contributed by atoms with Crippen LogP contribution in [-0.4, -0.2) is 23.1 Å². The molecule has 0 heterocycles. The minimum absolute atomic E-state index is 0.233. The fourth-order valence-corrected chi connectivity index (χ4v) is 1.85. The van der Waals surface area contributed by atoms with E-state index in [-0.39, 0.29) is 5.56 Å². The third-order valence-corrected chi connectivity index (χ3v) is 3.16. The molecule has 1 nitrogen and oxygen atoms in total. The minimum atomic E-state index is -6.18. The van der Waals surface area contributed by atoms with Crippen LogP contribution >= 0.6 is 0 Å². The van der Waals surface area contributed by atoms with Crippen LogP contribution in [0.5, 0.6) is 0 Å². The summed E-state index contributed by atoms with van der Waals surface area (Å²) in [7, 11) is 0. The number of rotatable bonds is 3. The van der Waals surface area contributed by atoms with Gasteiger partial charge in [-0.3, -0.25) is 0 Å². The van der Waals surface area contributed by atoms with Gasteiger partial charge in [0.2, 0.25) is 0 Å². The summed E-state index contributed by atoms with van der Waals surface area (Å²) in [6.45, 7) is 2.35. The third kappa shape index (κ3) is 3.48. The first kappa shape index (κ1) is 17.7. The highest BCUT2D eigenvalue weighted by Crippen LogP contribution is 2.51. The predicted octanol–water partition coefficient (Wildman–Crippen LogP) is 4.43. The molecule has 1 N–H and O–H groups in total. The smallest absolute Gasteiger partial charge is 0.385 e. The number of alkyl halides is 7. The summed E-state index contributed by atoms with van der Waals surface area (Å²) in [6, 6.07) is 5.10. The van der Waals surface area contributed by atoms with E-state index in [0.29, 0.717) is 12.5 Å². The molecular formula is C13H13F7O. The standard InChI is InChI=1S/C13H13F7O/c1-8-3-5-9(6-4-8)10(2,21)7-11(14,12(15,16)17)13(18,19)20/h3-6,21H,7H2,1-2H3. The molecule has 0 bridgehead atoms. The van der Waals surface area contributed by atoms with Crippen molar-refractivity contribution in [2.75, 3.05) is 0 Å². The van der Waals surface area contributed by atoms with Crippen molar-refractivity contribution in [1.82, 2.24) is 0 Å². The first-order chi connectivity index (χ1) is 9.21. The molecular weight excluding hydrogens is 305 g/mol. The molecule has 1 rings (SSSR count). The van der Waals surface area contributed by atoms with E-state index < -0.39 is 30.0 Å². The third-order valence-electron chi connectivity index (χ3n) is 3.16. The van der Waals surface area contributed by atoms with Crippen LogP contribution in [0.2, 0.25) is 0 Å². The van der Waals surface area contributed by atoms with E-state index in [9.17, 15) is 35.8 Å². The van der Waals surface area contributed by atoms with Gasteiger partial charge in [0.1, 0.15) is 0 Å². The molecule has 1 atom stereocenters. The number of hydrogen-bond donors (Lipinski definition) is 1. The molecule has 0 aliphatic heterocycles. The molecule has 8 heteroatoms. The summed E-state index contributed by atoms with van der Waals surface area (Å²) in [5, 5.41) is 9.90. The van der Waals surface area contributed by atoms with Gasteiger partial charge < -0.3 is 5.11 Å². The molecule has 0 aliphatic rings. The normalized spacial score (nSPS) is 16.7. The Balaban J connectivity index is 3.23. The number of benzene rings is 1. The van der Waals surface area contributed by atoms with Crippen LogP contribution in [0.4, 0.5) is 30.7 Å².